The van der Waals surface area contributed by atoms with Gasteiger partial charge in [-0.2, -0.15) is 0 Å². The van der Waals surface area contributed by atoms with Gasteiger partial charge in [-0.15, -0.1) is 0 Å². The van der Waals surface area contributed by atoms with Crippen LogP contribution < -0.4 is 14.8 Å². The second-order valence-electron chi connectivity index (χ2n) is 7.80. The van der Waals surface area contributed by atoms with Crippen LogP contribution in [0.4, 0.5) is 16.2 Å². The van der Waals surface area contributed by atoms with Crippen molar-refractivity contribution in [3.63, 3.8) is 0 Å². The summed E-state index contributed by atoms with van der Waals surface area (Å²) in [6.07, 6.45) is 1.57. The number of thioether (sulfide) groups is 1. The zero-order valence-electron chi connectivity index (χ0n) is 19.6. The average Bonchev–Trinajstić information content (AvgIpc) is 3.16. The number of rotatable bonds is 9. The van der Waals surface area contributed by atoms with E-state index in [-0.39, 0.29) is 17.2 Å². The van der Waals surface area contributed by atoms with Crippen LogP contribution in [-0.4, -0.2) is 40.5 Å². The molecule has 0 radical (unpaired) electrons. The van der Waals surface area contributed by atoms with Crippen LogP contribution in [0.1, 0.15) is 11.1 Å². The SMILES string of the molecule is COc1ccccc1NC(=O)CN1C(=O)S/C(=C/c2ccc(OCc3ccc([N+](=O)[O-])cc3)cc2)C1=O. The highest BCUT2D eigenvalue weighted by Crippen LogP contribution is 2.32. The number of carbonyl (C=O) groups excluding carboxylic acids is 3. The zero-order chi connectivity index (χ0) is 26.4. The van der Waals surface area contributed by atoms with Gasteiger partial charge in [0.15, 0.2) is 0 Å². The van der Waals surface area contributed by atoms with Gasteiger partial charge in [-0.25, -0.2) is 0 Å². The van der Waals surface area contributed by atoms with E-state index in [0.717, 1.165) is 22.2 Å². The highest BCUT2D eigenvalue weighted by atomic mass is 32.2. The van der Waals surface area contributed by atoms with Crippen LogP contribution in [0.25, 0.3) is 6.08 Å². The number of nitro benzene ring substituents is 1. The second kappa shape index (κ2) is 11.4. The highest BCUT2D eigenvalue weighted by molar-refractivity contribution is 8.18. The summed E-state index contributed by atoms with van der Waals surface area (Å²) in [7, 11) is 1.48. The molecule has 10 nitrogen and oxygen atoms in total. The van der Waals surface area contributed by atoms with Crippen LogP contribution in [0, 0.1) is 10.1 Å². The number of benzene rings is 3. The van der Waals surface area contributed by atoms with Gasteiger partial charge in [0.05, 0.1) is 22.6 Å². The van der Waals surface area contributed by atoms with Gasteiger partial charge in [0.2, 0.25) is 5.91 Å². The topological polar surface area (TPSA) is 128 Å². The predicted molar refractivity (Wildman–Crippen MR) is 138 cm³/mol. The van der Waals surface area contributed by atoms with E-state index < -0.39 is 28.5 Å². The highest BCUT2D eigenvalue weighted by Gasteiger charge is 2.36. The maximum absolute atomic E-state index is 12.8. The lowest BCUT2D eigenvalue weighted by atomic mass is 10.2. The van der Waals surface area contributed by atoms with Crippen molar-refractivity contribution >= 4 is 46.3 Å². The number of carbonyl (C=O) groups is 3. The molecule has 1 aliphatic heterocycles. The Labute approximate surface area is 216 Å². The average molecular weight is 520 g/mol. The molecule has 188 valence electrons. The number of hydrogen-bond donors (Lipinski definition) is 1. The van der Waals surface area contributed by atoms with E-state index in [1.807, 2.05) is 0 Å². The molecule has 0 atom stereocenters. The lowest BCUT2D eigenvalue weighted by Crippen LogP contribution is -2.36. The van der Waals surface area contributed by atoms with Crippen LogP contribution in [0.15, 0.2) is 77.7 Å². The number of nitrogens with zero attached hydrogens (tertiary/aromatic N) is 2. The van der Waals surface area contributed by atoms with Gasteiger partial charge in [0.25, 0.3) is 16.8 Å². The maximum Gasteiger partial charge on any atom is 0.294 e. The molecule has 4 rings (SSSR count). The number of imide groups is 1. The number of non-ortho nitro benzene ring substituents is 1. The van der Waals surface area contributed by atoms with E-state index in [4.69, 9.17) is 9.47 Å². The Morgan fingerprint density at radius 1 is 1.05 bits per heavy atom. The van der Waals surface area contributed by atoms with Gasteiger partial charge in [-0.1, -0.05) is 24.3 Å². The smallest absolute Gasteiger partial charge is 0.294 e. The molecule has 1 saturated heterocycles. The predicted octanol–water partition coefficient (Wildman–Crippen LogP) is 4.86. The van der Waals surface area contributed by atoms with Gasteiger partial charge in [-0.3, -0.25) is 29.4 Å². The summed E-state index contributed by atoms with van der Waals surface area (Å²) in [6, 6.07) is 19.8. The molecule has 1 heterocycles. The molecule has 11 heteroatoms. The lowest BCUT2D eigenvalue weighted by Gasteiger charge is -2.14. The van der Waals surface area contributed by atoms with E-state index in [1.165, 1.54) is 19.2 Å². The van der Waals surface area contributed by atoms with Gasteiger partial charge in [0.1, 0.15) is 24.7 Å². The van der Waals surface area contributed by atoms with Crippen molar-refractivity contribution < 1.29 is 28.8 Å². The number of nitrogens with one attached hydrogen (secondary N) is 1. The molecule has 1 aliphatic rings. The molecule has 1 fully saturated rings. The minimum Gasteiger partial charge on any atom is -0.495 e. The Bertz CT molecular complexity index is 1370. The molecule has 0 unspecified atom stereocenters. The van der Waals surface area contributed by atoms with E-state index in [1.54, 1.807) is 66.7 Å². The third kappa shape index (κ3) is 6.33. The largest absolute Gasteiger partial charge is 0.495 e. The number of para-hydroxylation sites is 2. The molecule has 3 amide bonds. The molecule has 1 N–H and O–H groups in total. The molecule has 0 aromatic heterocycles. The number of anilines is 1. The molecule has 0 aliphatic carbocycles. The molecule has 3 aromatic rings. The van der Waals surface area contributed by atoms with Crippen LogP contribution in [0.2, 0.25) is 0 Å². The number of nitro groups is 1. The first-order valence-corrected chi connectivity index (χ1v) is 11.8. The molecule has 37 heavy (non-hydrogen) atoms. The van der Waals surface area contributed by atoms with E-state index >= 15 is 0 Å². The van der Waals surface area contributed by atoms with Gasteiger partial charge in [0, 0.05) is 12.1 Å². The fourth-order valence-corrected chi connectivity index (χ4v) is 4.25. The van der Waals surface area contributed by atoms with E-state index in [2.05, 4.69) is 5.32 Å². The van der Waals surface area contributed by atoms with Crippen molar-refractivity contribution in [3.8, 4) is 11.5 Å². The minimum atomic E-state index is -0.552. The number of methoxy groups -OCH3 is 1. The van der Waals surface area contributed by atoms with Crippen LogP contribution in [0.3, 0.4) is 0 Å². The zero-order valence-corrected chi connectivity index (χ0v) is 20.4. The van der Waals surface area contributed by atoms with Crippen LogP contribution in [-0.2, 0) is 16.2 Å². The molecular formula is C26H21N3O7S. The van der Waals surface area contributed by atoms with Gasteiger partial charge < -0.3 is 14.8 Å². The minimum absolute atomic E-state index is 0.00886. The van der Waals surface area contributed by atoms with Crippen molar-refractivity contribution in [2.45, 2.75) is 6.61 Å². The quantitative estimate of drug-likeness (QED) is 0.241. The lowest BCUT2D eigenvalue weighted by molar-refractivity contribution is -0.384. The maximum atomic E-state index is 12.8. The van der Waals surface area contributed by atoms with E-state index in [0.29, 0.717) is 22.7 Å². The van der Waals surface area contributed by atoms with Crippen molar-refractivity contribution in [1.82, 2.24) is 4.90 Å². The van der Waals surface area contributed by atoms with Gasteiger partial charge >= 0.3 is 0 Å². The summed E-state index contributed by atoms with van der Waals surface area (Å²) in [4.78, 5) is 49.0. The number of amides is 3. The first-order chi connectivity index (χ1) is 17.8. The Hall–Kier alpha value is -4.64. The molecule has 0 saturated carbocycles. The molecule has 0 bridgehead atoms. The van der Waals surface area contributed by atoms with Crippen LogP contribution in [0.5, 0.6) is 11.5 Å². The Morgan fingerprint density at radius 2 is 1.76 bits per heavy atom. The first kappa shape index (κ1) is 25.5. The monoisotopic (exact) mass is 519 g/mol. The molecule has 0 spiro atoms. The van der Waals surface area contributed by atoms with Crippen molar-refractivity contribution in [3.05, 3.63) is 98.9 Å². The summed E-state index contributed by atoms with van der Waals surface area (Å²) in [5, 5.41) is 12.9. The summed E-state index contributed by atoms with van der Waals surface area (Å²) < 4.78 is 10.9. The summed E-state index contributed by atoms with van der Waals surface area (Å²) in [5.41, 5.74) is 1.90. The Balaban J connectivity index is 1.35. The fraction of sp³-hybridized carbons (Fsp3) is 0.115. The van der Waals surface area contributed by atoms with E-state index in [9.17, 15) is 24.5 Å². The third-order valence-electron chi connectivity index (χ3n) is 5.29. The summed E-state index contributed by atoms with van der Waals surface area (Å²) in [5.74, 6) is -0.0482. The Morgan fingerprint density at radius 3 is 2.43 bits per heavy atom. The molecule has 3 aromatic carbocycles. The standard InChI is InChI=1S/C26H21N3O7S/c1-35-22-5-3-2-4-21(22)27-24(30)15-28-25(31)23(37-26(28)32)14-17-8-12-20(13-9-17)36-16-18-6-10-19(11-7-18)29(33)34/h2-14H,15-16H2,1H3,(H,27,30)/b23-14+. The van der Waals surface area contributed by atoms with Gasteiger partial charge in [-0.05, 0) is 65.4 Å². The first-order valence-electron chi connectivity index (χ1n) is 11.0. The summed E-state index contributed by atoms with van der Waals surface area (Å²) in [6.45, 7) is -0.192. The van der Waals surface area contributed by atoms with Crippen molar-refractivity contribution in [2.75, 3.05) is 19.0 Å². The fourth-order valence-electron chi connectivity index (χ4n) is 3.41. The summed E-state index contributed by atoms with van der Waals surface area (Å²) >= 11 is 0.762. The van der Waals surface area contributed by atoms with Crippen LogP contribution >= 0.6 is 11.8 Å². The third-order valence-corrected chi connectivity index (χ3v) is 6.19. The normalized spacial score (nSPS) is 14.1. The second-order valence-corrected chi connectivity index (χ2v) is 8.79. The number of hydrogen-bond acceptors (Lipinski definition) is 8. The Kier molecular flexibility index (Phi) is 7.84. The van der Waals surface area contributed by atoms with Crippen molar-refractivity contribution in [1.29, 1.82) is 0 Å². The van der Waals surface area contributed by atoms with Crippen molar-refractivity contribution in [2.24, 2.45) is 0 Å². The number of ether oxygens (including phenoxy) is 2. The molecular weight excluding hydrogens is 498 g/mol.